The number of primary amides is 1. The molecule has 0 spiro atoms. The number of Topliss-reactive ketones (excluding diaryl/α,β-unsaturated/α-hetero) is 2. The molecule has 27 heavy (non-hydrogen) atoms. The number of hydrogen-bond donors (Lipinski definition) is 3. The molecule has 4 aliphatic rings. The normalized spacial score (nSPS) is 36.7. The highest BCUT2D eigenvalue weighted by atomic mass is 16.5. The van der Waals surface area contributed by atoms with Crippen LogP contribution < -0.4 is 11.1 Å². The molecule has 0 aromatic carbocycles. The van der Waals surface area contributed by atoms with Gasteiger partial charge in [-0.15, -0.1) is 0 Å². The summed E-state index contributed by atoms with van der Waals surface area (Å²) in [5.74, 6) is -1.42. The summed E-state index contributed by atoms with van der Waals surface area (Å²) in [6.07, 6.45) is -0.188. The van der Waals surface area contributed by atoms with Crippen molar-refractivity contribution in [3.05, 3.63) is 22.5 Å². The average Bonchev–Trinajstić information content (AvgIpc) is 3.02. The molecule has 3 aliphatic heterocycles. The summed E-state index contributed by atoms with van der Waals surface area (Å²) in [6, 6.07) is -0.121. The van der Waals surface area contributed by atoms with E-state index in [2.05, 4.69) is 5.32 Å². The van der Waals surface area contributed by atoms with E-state index in [9.17, 15) is 19.5 Å². The van der Waals surface area contributed by atoms with Gasteiger partial charge in [-0.1, -0.05) is 6.92 Å². The van der Waals surface area contributed by atoms with Crippen LogP contribution in [-0.2, 0) is 14.3 Å². The van der Waals surface area contributed by atoms with E-state index in [1.807, 2.05) is 18.9 Å². The third-order valence-corrected chi connectivity index (χ3v) is 6.21. The molecule has 9 nitrogen and oxygen atoms in total. The van der Waals surface area contributed by atoms with E-state index in [-0.39, 0.29) is 47.2 Å². The van der Waals surface area contributed by atoms with E-state index in [0.717, 1.165) is 6.42 Å². The number of aliphatic hydroxyl groups is 1. The highest BCUT2D eigenvalue weighted by molar-refractivity contribution is 6.25. The van der Waals surface area contributed by atoms with Crippen LogP contribution in [-0.4, -0.2) is 77.1 Å². The van der Waals surface area contributed by atoms with E-state index in [1.54, 1.807) is 11.8 Å². The maximum atomic E-state index is 13.2. The van der Waals surface area contributed by atoms with Crippen molar-refractivity contribution in [2.75, 3.05) is 26.7 Å². The molecular weight excluding hydrogens is 352 g/mol. The first-order valence-corrected chi connectivity index (χ1v) is 9.17. The molecular formula is C18H24N4O5. The first-order valence-electron chi connectivity index (χ1n) is 9.17. The van der Waals surface area contributed by atoms with Crippen LogP contribution in [0.15, 0.2) is 22.5 Å². The largest absolute Gasteiger partial charge is 0.449 e. The number of piperazine rings is 1. The van der Waals surface area contributed by atoms with Gasteiger partial charge in [0.05, 0.1) is 23.4 Å². The maximum Gasteiger partial charge on any atom is 0.404 e. The lowest BCUT2D eigenvalue weighted by atomic mass is 9.82. The van der Waals surface area contributed by atoms with Crippen molar-refractivity contribution in [1.29, 1.82) is 0 Å². The van der Waals surface area contributed by atoms with Crippen LogP contribution in [0.25, 0.3) is 0 Å². The van der Waals surface area contributed by atoms with Crippen LogP contribution in [0.2, 0.25) is 0 Å². The van der Waals surface area contributed by atoms with Crippen LogP contribution in [0.5, 0.6) is 0 Å². The number of hydrogen-bond acceptors (Lipinski definition) is 8. The Balaban J connectivity index is 1.77. The van der Waals surface area contributed by atoms with Gasteiger partial charge in [0.1, 0.15) is 6.61 Å². The Morgan fingerprint density at radius 2 is 2.11 bits per heavy atom. The Hall–Kier alpha value is -2.39. The number of amides is 1. The Labute approximate surface area is 156 Å². The Bertz CT molecular complexity index is 819. The second kappa shape index (κ2) is 5.80. The Morgan fingerprint density at radius 1 is 1.41 bits per heavy atom. The fraction of sp³-hybridized carbons (Fsp3) is 0.611. The van der Waals surface area contributed by atoms with Gasteiger partial charge in [0.2, 0.25) is 11.6 Å². The Kier molecular flexibility index (Phi) is 3.87. The molecule has 4 rings (SSSR count). The standard InChI is InChI=1S/C18H24N4O5/c1-4-5-20-12-8(2)14(23)13-11(15(12)24)9(7-27-17(19)25)18(26)16-10(21(16)3)6-22(13)18/h9-10,16,20,26H,4-7H2,1-3H3,(H2,19,25). The molecule has 2 saturated heterocycles. The number of carbonyl (C=O) groups excluding carboxylic acids is 3. The molecule has 0 aromatic heterocycles. The van der Waals surface area contributed by atoms with Gasteiger partial charge in [0.15, 0.2) is 5.72 Å². The minimum absolute atomic E-state index is 0.104. The molecule has 3 heterocycles. The third-order valence-electron chi connectivity index (χ3n) is 6.21. The zero-order valence-electron chi connectivity index (χ0n) is 15.6. The Morgan fingerprint density at radius 3 is 2.74 bits per heavy atom. The summed E-state index contributed by atoms with van der Waals surface area (Å²) in [5, 5.41) is 14.6. The SMILES string of the molecule is CCCNC1=C(C)C(=O)C2=C(C1=O)C(COC(N)=O)C1(O)C3C(CN21)N3C. The number of ether oxygens (including phenoxy) is 1. The minimum atomic E-state index is -1.47. The summed E-state index contributed by atoms with van der Waals surface area (Å²) in [4.78, 5) is 41.1. The quantitative estimate of drug-likeness (QED) is 0.416. The number of fused-ring (bicyclic) bond motifs is 4. The van der Waals surface area contributed by atoms with Gasteiger partial charge >= 0.3 is 6.09 Å². The first kappa shape index (κ1) is 18.0. The topological polar surface area (TPSA) is 125 Å². The summed E-state index contributed by atoms with van der Waals surface area (Å²) >= 11 is 0. The average molecular weight is 376 g/mol. The minimum Gasteiger partial charge on any atom is -0.449 e. The van der Waals surface area contributed by atoms with E-state index < -0.39 is 17.7 Å². The van der Waals surface area contributed by atoms with Crippen LogP contribution in [0.4, 0.5) is 4.79 Å². The van der Waals surface area contributed by atoms with Crippen molar-refractivity contribution < 1.29 is 24.2 Å². The zero-order valence-corrected chi connectivity index (χ0v) is 15.6. The van der Waals surface area contributed by atoms with Crippen molar-refractivity contribution in [2.24, 2.45) is 11.7 Å². The fourth-order valence-corrected chi connectivity index (χ4v) is 4.84. The van der Waals surface area contributed by atoms with Crippen LogP contribution in [0.3, 0.4) is 0 Å². The summed E-state index contributed by atoms with van der Waals surface area (Å²) in [6.45, 7) is 4.34. The number of likely N-dealkylation sites (N-methyl/N-ethyl adjacent to an activating group) is 1. The van der Waals surface area contributed by atoms with E-state index >= 15 is 0 Å². The van der Waals surface area contributed by atoms with E-state index in [0.29, 0.717) is 18.7 Å². The van der Waals surface area contributed by atoms with Crippen LogP contribution >= 0.6 is 0 Å². The molecule has 4 N–H and O–H groups in total. The number of ketones is 2. The van der Waals surface area contributed by atoms with Gasteiger partial charge in [-0.2, -0.15) is 0 Å². The molecule has 2 fully saturated rings. The van der Waals surface area contributed by atoms with Gasteiger partial charge in [-0.3, -0.25) is 14.5 Å². The van der Waals surface area contributed by atoms with Crippen molar-refractivity contribution in [3.63, 3.8) is 0 Å². The fourth-order valence-electron chi connectivity index (χ4n) is 4.84. The molecule has 0 aromatic rings. The van der Waals surface area contributed by atoms with Crippen LogP contribution in [0.1, 0.15) is 20.3 Å². The molecule has 0 bridgehead atoms. The first-order chi connectivity index (χ1) is 12.7. The van der Waals surface area contributed by atoms with E-state index in [1.165, 1.54) is 0 Å². The second-order valence-electron chi connectivity index (χ2n) is 7.60. The molecule has 5 unspecified atom stereocenters. The van der Waals surface area contributed by atoms with Gasteiger partial charge in [0, 0.05) is 30.3 Å². The molecule has 0 radical (unpaired) electrons. The van der Waals surface area contributed by atoms with Crippen molar-refractivity contribution >= 4 is 17.7 Å². The van der Waals surface area contributed by atoms with Crippen molar-refractivity contribution in [3.8, 4) is 0 Å². The summed E-state index contributed by atoms with van der Waals surface area (Å²) in [5.41, 5.74) is 4.70. The molecule has 0 saturated carbocycles. The van der Waals surface area contributed by atoms with Gasteiger partial charge < -0.3 is 25.8 Å². The lowest BCUT2D eigenvalue weighted by Crippen LogP contribution is -2.53. The molecule has 5 atom stereocenters. The molecule has 1 aliphatic carbocycles. The van der Waals surface area contributed by atoms with E-state index in [4.69, 9.17) is 10.5 Å². The summed E-state index contributed by atoms with van der Waals surface area (Å²) < 4.78 is 4.98. The lowest BCUT2D eigenvalue weighted by molar-refractivity contribution is -0.126. The molecule has 146 valence electrons. The summed E-state index contributed by atoms with van der Waals surface area (Å²) in [7, 11) is 1.88. The smallest absolute Gasteiger partial charge is 0.404 e. The highest BCUT2D eigenvalue weighted by Crippen LogP contribution is 2.57. The number of nitrogens with two attached hydrogens (primary N) is 1. The monoisotopic (exact) mass is 376 g/mol. The number of rotatable bonds is 5. The number of nitrogens with one attached hydrogen (secondary N) is 1. The third kappa shape index (κ3) is 2.21. The molecule has 9 heteroatoms. The maximum absolute atomic E-state index is 13.2. The molecule has 1 amide bonds. The van der Waals surface area contributed by atoms with Crippen LogP contribution in [0, 0.1) is 5.92 Å². The predicted molar refractivity (Wildman–Crippen MR) is 94.1 cm³/mol. The predicted octanol–water partition coefficient (Wildman–Crippen LogP) is -0.922. The number of nitrogens with zero attached hydrogens (tertiary/aromatic N) is 2. The highest BCUT2D eigenvalue weighted by Gasteiger charge is 2.74. The van der Waals surface area contributed by atoms with Gasteiger partial charge in [-0.05, 0) is 20.4 Å². The zero-order chi connectivity index (χ0) is 19.7. The van der Waals surface area contributed by atoms with Crippen molar-refractivity contribution in [2.45, 2.75) is 38.1 Å². The van der Waals surface area contributed by atoms with Gasteiger partial charge in [-0.25, -0.2) is 4.79 Å². The number of allylic oxidation sites excluding steroid dienone is 2. The van der Waals surface area contributed by atoms with Gasteiger partial charge in [0.25, 0.3) is 0 Å². The lowest BCUT2D eigenvalue weighted by Gasteiger charge is -2.37. The number of carbonyl (C=O) groups is 3. The second-order valence-corrected chi connectivity index (χ2v) is 7.60. The van der Waals surface area contributed by atoms with Crippen molar-refractivity contribution in [1.82, 2.24) is 15.1 Å².